The molecule has 20 nitrogen and oxygen atoms in total. The number of hydrogen-bond donors (Lipinski definition) is 4. The molecule has 5 unspecified atom stereocenters. The number of alkyl halides is 6. The molecule has 600 valence electrons. The van der Waals surface area contributed by atoms with Crippen LogP contribution in [0.4, 0.5) is 48.3 Å². The van der Waals surface area contributed by atoms with Crippen molar-refractivity contribution in [3.63, 3.8) is 0 Å². The Morgan fingerprint density at radius 1 is 0.636 bits per heavy atom. The van der Waals surface area contributed by atoms with Gasteiger partial charge >= 0.3 is 183 Å². The van der Waals surface area contributed by atoms with Crippen LogP contribution in [0.1, 0.15) is 132 Å². The van der Waals surface area contributed by atoms with E-state index >= 15 is 0 Å². The summed E-state index contributed by atoms with van der Waals surface area (Å²) in [5.74, 6) is -15.1. The Labute approximate surface area is 643 Å². The van der Waals surface area contributed by atoms with Gasteiger partial charge in [0.25, 0.3) is 5.91 Å². The summed E-state index contributed by atoms with van der Waals surface area (Å²) in [6.07, 6.45) is -6.02. The molecule has 3 amide bonds. The van der Waals surface area contributed by atoms with Crippen LogP contribution in [0.3, 0.4) is 0 Å². The normalized spacial score (nSPS) is 14.8. The molecule has 9 rings (SSSR count). The predicted octanol–water partition coefficient (Wildman–Crippen LogP) is 15.1. The first-order chi connectivity index (χ1) is 50.5. The molecule has 0 spiro atoms. The monoisotopic (exact) mass is 1610 g/mol. The summed E-state index contributed by atoms with van der Waals surface area (Å²) in [7, 11) is 2.58. The second-order valence-corrected chi connectivity index (χ2v) is 33.1. The predicted molar refractivity (Wildman–Crippen MR) is 400 cm³/mol. The van der Waals surface area contributed by atoms with Crippen molar-refractivity contribution in [2.24, 2.45) is 19.1 Å². The zero-order chi connectivity index (χ0) is 79.9. The van der Waals surface area contributed by atoms with Gasteiger partial charge in [-0.2, -0.15) is 35.1 Å². The van der Waals surface area contributed by atoms with E-state index in [1.165, 1.54) is 24.3 Å². The van der Waals surface area contributed by atoms with Crippen LogP contribution >= 0.6 is 23.2 Å². The van der Waals surface area contributed by atoms with Gasteiger partial charge in [0.1, 0.15) is 23.4 Å². The Morgan fingerprint density at radius 2 is 1.06 bits per heavy atom. The molecule has 7 aromatic rings. The van der Waals surface area contributed by atoms with Crippen LogP contribution < -0.4 is 30.2 Å². The molecule has 2 aliphatic rings. The molecule has 0 bridgehead atoms. The van der Waals surface area contributed by atoms with Gasteiger partial charge in [-0.25, -0.2) is 22.9 Å². The van der Waals surface area contributed by atoms with E-state index in [1.807, 2.05) is 60.2 Å². The van der Waals surface area contributed by atoms with Gasteiger partial charge in [0.15, 0.2) is 20.5 Å². The number of likely N-dealkylation sites (tertiary alicyclic amines) is 2. The average Bonchev–Trinajstić information content (AvgIpc) is 1.03. The van der Waals surface area contributed by atoms with Crippen LogP contribution in [0.2, 0.25) is 28.2 Å². The standard InChI is InChI=1S/C30H35ClF3N5O4.C27H42BN5O3Si.C16H7ClF8O3.2CH4/c1-18(40)28-37-25(16-38(28)3)21-7-5-20(6-8-21)13-23(15-35-27(41)17-39-11-4-12-39)36-29(42)22-9-10-26(24(31)14-22)43-19(2)30(32,33)34;1-20(36-37(6,7)27(2,3)4)26-31-24(17-32(26)5)22-11-9-21(10-12-22)15-23(30-19-28-35)16-29-25(34)18-33-13-8-14-33;1-5(16(23,24)25)27-8-3-2-6(4-7(8)17)15(26)28-14-12(21)10(19)9(18)11(20)13(14)22;;/h5-10,14,16,18-19,23,40H,4,11-13,15,17H2,1-3H3,(H,35,41)(H,36,42);9-12,17,19-20,23H,8,13-16,18H2,1-7H3,(H,29,34);2-5H,1H3;2*1H4/t18?,19-,23?;;;;/m1..../s1. The number of aliphatic hydroxyl groups is 1. The summed E-state index contributed by atoms with van der Waals surface area (Å²) in [5.41, 5.74) is 5.05. The summed E-state index contributed by atoms with van der Waals surface area (Å²) in [4.78, 5) is 67.6. The van der Waals surface area contributed by atoms with Gasteiger partial charge in [0.05, 0.1) is 33.9 Å². The number of aromatic nitrogens is 4. The first kappa shape index (κ1) is 92.0. The fourth-order valence-electron chi connectivity index (χ4n) is 10.5. The first-order valence-corrected chi connectivity index (χ1v) is 37.9. The summed E-state index contributed by atoms with van der Waals surface area (Å²) in [5, 5.41) is 18.2. The van der Waals surface area contributed by atoms with E-state index in [4.69, 9.17) is 37.3 Å². The fraction of sp³-hybridized carbons (Fsp3) is 0.453. The quantitative estimate of drug-likeness (QED) is 0.00680. The van der Waals surface area contributed by atoms with E-state index in [-0.39, 0.29) is 73.3 Å². The molecule has 4 heterocycles. The molecule has 0 aliphatic carbocycles. The van der Waals surface area contributed by atoms with Gasteiger partial charge in [-0.1, -0.05) is 83.1 Å². The van der Waals surface area contributed by atoms with Crippen molar-refractivity contribution in [1.82, 2.24) is 44.9 Å². The van der Waals surface area contributed by atoms with Gasteiger partial charge in [0, 0.05) is 30.9 Å². The van der Waals surface area contributed by atoms with E-state index in [0.717, 1.165) is 97.9 Å². The third kappa shape index (κ3) is 25.7. The van der Waals surface area contributed by atoms with Gasteiger partial charge in [-0.15, -0.1) is 0 Å². The number of hydrogen-bond acceptors (Lipinski definition) is 15. The van der Waals surface area contributed by atoms with Crippen molar-refractivity contribution in [3.05, 3.63) is 170 Å². The smallest absolute Gasteiger partial charge is 0.480 e. The number of aryl methyl sites for hydroxylation is 2. The van der Waals surface area contributed by atoms with Gasteiger partial charge in [-0.05, 0) is 114 Å². The molecule has 2 aromatic heterocycles. The molecule has 0 radical (unpaired) electrons. The van der Waals surface area contributed by atoms with Gasteiger partial charge < -0.3 is 38.9 Å². The number of rotatable bonds is 28. The van der Waals surface area contributed by atoms with Crippen molar-refractivity contribution in [1.29, 1.82) is 0 Å². The molecule has 0 saturated carbocycles. The molecule has 6 atom stereocenters. The Balaban J connectivity index is 0.000000299. The molecule has 5 aromatic carbocycles. The van der Waals surface area contributed by atoms with Crippen molar-refractivity contribution in [2.45, 2.75) is 156 Å². The maximum absolute atomic E-state index is 13.5. The molecule has 2 saturated heterocycles. The van der Waals surface area contributed by atoms with Crippen LogP contribution in [0.25, 0.3) is 22.5 Å². The molecule has 2 aliphatic heterocycles. The fourth-order valence-corrected chi connectivity index (χ4v) is 12.3. The number of aliphatic imine (C=N–C) groups is 1. The third-order valence-electron chi connectivity index (χ3n) is 18.0. The molecule has 110 heavy (non-hydrogen) atoms. The summed E-state index contributed by atoms with van der Waals surface area (Å²) >= 11 is 11.8. The number of imidazole rings is 2. The van der Waals surface area contributed by atoms with E-state index < -0.39 is 108 Å². The minimum atomic E-state index is -4.70. The molecular weight excluding hydrogens is 1520 g/mol. The zero-order valence-electron chi connectivity index (χ0n) is 61.0. The molecular formula is C75H92BCl2F11N10O10Si. The SMILES string of the molecule is C.C.CC(O)c1nc(-c2ccc(CC(CNC(=O)CN3CCC3)NC(=O)c3ccc(O[C@H](C)C(F)(F)F)c(Cl)c3)cc2)cn1C.CC(O[Si](C)(C)C(C)(C)C)c1nc(-c2ccc(CC(CNC(=O)CN3CCC3)N=CB=O)cc2)cn1C.CC(Oc1ccc(C(=O)Oc2c(F)c(F)c(F)c(F)c2F)cc1Cl)C(F)(F)F. The van der Waals surface area contributed by atoms with Crippen molar-refractivity contribution >= 4 is 68.5 Å². The Kier molecular flexibility index (Phi) is 33.5. The second-order valence-electron chi connectivity index (χ2n) is 27.5. The number of nitrogens with one attached hydrogen (secondary N) is 3. The Hall–Kier alpha value is -8.60. The zero-order valence-corrected chi connectivity index (χ0v) is 63.5. The van der Waals surface area contributed by atoms with E-state index in [2.05, 4.69) is 105 Å². The van der Waals surface area contributed by atoms with Crippen LogP contribution in [0.15, 0.2) is 102 Å². The minimum Gasteiger partial charge on any atom is -0.480 e. The van der Waals surface area contributed by atoms with Crippen LogP contribution in [-0.2, 0) is 45.7 Å². The Morgan fingerprint density at radius 3 is 1.48 bits per heavy atom. The van der Waals surface area contributed by atoms with E-state index in [0.29, 0.717) is 51.5 Å². The molecule has 35 heteroatoms. The van der Waals surface area contributed by atoms with Crippen LogP contribution in [0.5, 0.6) is 17.2 Å². The van der Waals surface area contributed by atoms with Gasteiger partial charge in [0.2, 0.25) is 40.7 Å². The van der Waals surface area contributed by atoms with Crippen molar-refractivity contribution in [2.75, 3.05) is 52.4 Å². The van der Waals surface area contributed by atoms with Crippen LogP contribution in [0, 0.1) is 29.1 Å². The maximum atomic E-state index is 13.5. The van der Waals surface area contributed by atoms with Crippen molar-refractivity contribution < 1.29 is 95.9 Å². The Bertz CT molecular complexity index is 4280. The molecule has 2 fully saturated rings. The topological polar surface area (TPSA) is 233 Å². The summed E-state index contributed by atoms with van der Waals surface area (Å²) < 4.78 is 177. The second kappa shape index (κ2) is 40.0. The third-order valence-corrected chi connectivity index (χ3v) is 23.1. The number of nitrogens with zero attached hydrogens (tertiary/aromatic N) is 7. The first-order valence-electron chi connectivity index (χ1n) is 34.2. The average molecular weight is 1610 g/mol. The van der Waals surface area contributed by atoms with Crippen LogP contribution in [-0.4, -0.2) is 168 Å². The van der Waals surface area contributed by atoms with E-state index in [1.54, 1.807) is 11.5 Å². The van der Waals surface area contributed by atoms with Gasteiger partial charge in [-0.3, -0.25) is 14.5 Å². The number of esters is 1. The number of benzene rings is 5. The number of carbonyl (C=O) groups is 4. The number of carbonyl (C=O) groups excluding carboxylic acids is 4. The molecule has 4 N–H and O–H groups in total. The number of aliphatic hydroxyl groups excluding tert-OH is 1. The van der Waals surface area contributed by atoms with E-state index in [9.17, 15) is 77.3 Å². The number of ether oxygens (including phenoxy) is 3. The number of amides is 3. The number of halogens is 13. The minimum absolute atomic E-state index is 0. The summed E-state index contributed by atoms with van der Waals surface area (Å²) in [6, 6.07) is 21.3. The summed E-state index contributed by atoms with van der Waals surface area (Å²) in [6.45, 7) is 21.5. The van der Waals surface area contributed by atoms with Crippen molar-refractivity contribution in [3.8, 4) is 39.8 Å².